The predicted molar refractivity (Wildman–Crippen MR) is 158 cm³/mol. The number of rotatable bonds is 9. The predicted octanol–water partition coefficient (Wildman–Crippen LogP) is 4.73. The smallest absolute Gasteiger partial charge is 0.295 e. The summed E-state index contributed by atoms with van der Waals surface area (Å²) in [6.07, 6.45) is 1.46. The third kappa shape index (κ3) is 5.91. The van der Waals surface area contributed by atoms with Crippen LogP contribution in [0.3, 0.4) is 0 Å². The summed E-state index contributed by atoms with van der Waals surface area (Å²) in [5.41, 5.74) is 3.31. The molecule has 2 fully saturated rings. The van der Waals surface area contributed by atoms with Crippen molar-refractivity contribution in [1.29, 1.82) is 0 Å². The Balaban J connectivity index is 1.32. The molecule has 3 aliphatic rings. The van der Waals surface area contributed by atoms with Gasteiger partial charge in [-0.15, -0.1) is 0 Å². The van der Waals surface area contributed by atoms with Crippen LogP contribution in [0.4, 0.5) is 0 Å². The normalized spacial score (nSPS) is 21.8. The molecule has 3 heterocycles. The quantitative estimate of drug-likeness (QED) is 0.227. The molecule has 0 unspecified atom stereocenters. The maximum Gasteiger partial charge on any atom is 0.295 e. The average molecular weight is 569 g/mol. The van der Waals surface area contributed by atoms with E-state index in [1.807, 2.05) is 73.7 Å². The van der Waals surface area contributed by atoms with E-state index in [0.717, 1.165) is 42.9 Å². The first-order chi connectivity index (χ1) is 20.5. The van der Waals surface area contributed by atoms with E-state index >= 15 is 0 Å². The fraction of sp³-hybridized carbons (Fsp3) is 0.353. The van der Waals surface area contributed by atoms with Gasteiger partial charge < -0.3 is 24.2 Å². The van der Waals surface area contributed by atoms with E-state index in [2.05, 4.69) is 4.90 Å². The number of hydrogen-bond acceptors (Lipinski definition) is 7. The van der Waals surface area contributed by atoms with E-state index in [1.165, 1.54) is 0 Å². The van der Waals surface area contributed by atoms with Gasteiger partial charge in [0.15, 0.2) is 0 Å². The number of aliphatic hydroxyl groups excluding tert-OH is 1. The molecule has 8 heteroatoms. The Hall–Kier alpha value is -4.14. The fourth-order valence-electron chi connectivity index (χ4n) is 5.99. The molecule has 2 atom stereocenters. The van der Waals surface area contributed by atoms with Crippen molar-refractivity contribution in [2.24, 2.45) is 0 Å². The Kier molecular flexibility index (Phi) is 8.26. The van der Waals surface area contributed by atoms with Gasteiger partial charge in [0.05, 0.1) is 24.8 Å². The number of nitrogens with zero attached hydrogens (tertiary/aromatic N) is 2. The number of fused-ring (bicyclic) bond motifs is 1. The summed E-state index contributed by atoms with van der Waals surface area (Å²) in [5.74, 6) is -0.0461. The number of ether oxygens (including phenoxy) is 3. The summed E-state index contributed by atoms with van der Waals surface area (Å²) in [7, 11) is 0. The molecule has 6 rings (SSSR count). The number of aliphatic hydroxyl groups is 1. The standard InChI is InChI=1S/C34H36N2O6/c1-23-19-27-20-26(11-12-29(27)42-23)32(37)30-31(25-9-5-10-28(21-25)41-22-24-7-3-2-4-8-24)36(34(39)33(30)38)14-6-13-35-15-17-40-18-16-35/h2-5,7-12,20-21,23,31,37H,6,13-19,22H2,1H3/t23-,31+/m0/s1. The van der Waals surface area contributed by atoms with Gasteiger partial charge in [0.2, 0.25) is 0 Å². The van der Waals surface area contributed by atoms with Crippen LogP contribution in [0, 0.1) is 0 Å². The molecule has 0 bridgehead atoms. The Morgan fingerprint density at radius 1 is 0.976 bits per heavy atom. The lowest BCUT2D eigenvalue weighted by molar-refractivity contribution is -0.140. The van der Waals surface area contributed by atoms with Gasteiger partial charge in [-0.3, -0.25) is 14.5 Å². The molecule has 218 valence electrons. The van der Waals surface area contributed by atoms with E-state index in [9.17, 15) is 14.7 Å². The summed E-state index contributed by atoms with van der Waals surface area (Å²) in [4.78, 5) is 31.0. The molecule has 8 nitrogen and oxygen atoms in total. The molecular weight excluding hydrogens is 532 g/mol. The molecule has 0 aliphatic carbocycles. The van der Waals surface area contributed by atoms with E-state index < -0.39 is 17.7 Å². The minimum atomic E-state index is -0.738. The van der Waals surface area contributed by atoms with Crippen LogP contribution in [0.2, 0.25) is 0 Å². The summed E-state index contributed by atoms with van der Waals surface area (Å²) in [5, 5.41) is 11.6. The molecule has 3 aliphatic heterocycles. The van der Waals surface area contributed by atoms with Crippen LogP contribution >= 0.6 is 0 Å². The van der Waals surface area contributed by atoms with Gasteiger partial charge >= 0.3 is 0 Å². The first-order valence-corrected chi connectivity index (χ1v) is 14.6. The minimum Gasteiger partial charge on any atom is -0.507 e. The molecule has 3 aromatic rings. The van der Waals surface area contributed by atoms with Crippen molar-refractivity contribution in [3.8, 4) is 11.5 Å². The lowest BCUT2D eigenvalue weighted by atomic mass is 9.94. The zero-order chi connectivity index (χ0) is 29.1. The molecule has 3 aromatic carbocycles. The van der Waals surface area contributed by atoms with Gasteiger partial charge in [-0.25, -0.2) is 0 Å². The Labute approximate surface area is 246 Å². The third-order valence-electron chi connectivity index (χ3n) is 8.11. The monoisotopic (exact) mass is 568 g/mol. The highest BCUT2D eigenvalue weighted by molar-refractivity contribution is 6.46. The largest absolute Gasteiger partial charge is 0.507 e. The number of amides is 1. The zero-order valence-electron chi connectivity index (χ0n) is 23.8. The van der Waals surface area contributed by atoms with E-state index in [0.29, 0.717) is 49.7 Å². The SMILES string of the molecule is C[C@H]1Cc2cc(C(O)=C3C(=O)C(=O)N(CCCN4CCOCC4)[C@@H]3c3cccc(OCc4ccccc4)c3)ccc2O1. The van der Waals surface area contributed by atoms with Gasteiger partial charge in [0, 0.05) is 38.2 Å². The van der Waals surface area contributed by atoms with Gasteiger partial charge in [0.1, 0.15) is 30.0 Å². The van der Waals surface area contributed by atoms with E-state index in [-0.39, 0.29) is 17.4 Å². The molecule has 2 saturated heterocycles. The second kappa shape index (κ2) is 12.4. The zero-order valence-corrected chi connectivity index (χ0v) is 23.8. The van der Waals surface area contributed by atoms with Crippen LogP contribution in [0.1, 0.15) is 41.6 Å². The van der Waals surface area contributed by atoms with Crippen molar-refractivity contribution in [1.82, 2.24) is 9.80 Å². The summed E-state index contributed by atoms with van der Waals surface area (Å²) in [6, 6.07) is 22.0. The van der Waals surface area contributed by atoms with Crippen LogP contribution < -0.4 is 9.47 Å². The first-order valence-electron chi connectivity index (χ1n) is 14.6. The number of carbonyl (C=O) groups excluding carboxylic acids is 2. The molecule has 0 saturated carbocycles. The van der Waals surface area contributed by atoms with Crippen molar-refractivity contribution < 1.29 is 28.9 Å². The highest BCUT2D eigenvalue weighted by Gasteiger charge is 2.46. The number of Topliss-reactive ketones (excluding diaryl/α,β-unsaturated/α-hetero) is 1. The van der Waals surface area contributed by atoms with Crippen molar-refractivity contribution in [2.75, 3.05) is 39.4 Å². The molecular formula is C34H36N2O6. The number of carbonyl (C=O) groups is 2. The van der Waals surface area contributed by atoms with Gasteiger partial charge in [-0.1, -0.05) is 42.5 Å². The number of morpholine rings is 1. The fourth-order valence-corrected chi connectivity index (χ4v) is 5.99. The second-order valence-corrected chi connectivity index (χ2v) is 11.1. The van der Waals surface area contributed by atoms with Gasteiger partial charge in [0.25, 0.3) is 11.7 Å². The summed E-state index contributed by atoms with van der Waals surface area (Å²) < 4.78 is 17.4. The van der Waals surface area contributed by atoms with Crippen LogP contribution in [-0.4, -0.2) is 72.1 Å². The van der Waals surface area contributed by atoms with Crippen LogP contribution in [0.25, 0.3) is 5.76 Å². The lowest BCUT2D eigenvalue weighted by Gasteiger charge is -2.29. The number of hydrogen-bond donors (Lipinski definition) is 1. The molecule has 0 radical (unpaired) electrons. The lowest BCUT2D eigenvalue weighted by Crippen LogP contribution is -2.38. The number of likely N-dealkylation sites (tertiary alicyclic amines) is 1. The average Bonchev–Trinajstić information content (AvgIpc) is 3.52. The van der Waals surface area contributed by atoms with Gasteiger partial charge in [-0.05, 0) is 60.4 Å². The van der Waals surface area contributed by atoms with Crippen LogP contribution in [0.15, 0.2) is 78.4 Å². The molecule has 1 amide bonds. The molecule has 0 aromatic heterocycles. The topological polar surface area (TPSA) is 88.5 Å². The summed E-state index contributed by atoms with van der Waals surface area (Å²) in [6.45, 7) is 6.66. The summed E-state index contributed by atoms with van der Waals surface area (Å²) >= 11 is 0. The third-order valence-corrected chi connectivity index (χ3v) is 8.11. The highest BCUT2D eigenvalue weighted by atomic mass is 16.5. The number of ketones is 1. The second-order valence-electron chi connectivity index (χ2n) is 11.1. The molecule has 1 N–H and O–H groups in total. The number of benzene rings is 3. The Morgan fingerprint density at radius 3 is 2.60 bits per heavy atom. The van der Waals surface area contributed by atoms with Crippen LogP contribution in [-0.2, 0) is 27.4 Å². The van der Waals surface area contributed by atoms with Crippen molar-refractivity contribution in [3.63, 3.8) is 0 Å². The van der Waals surface area contributed by atoms with Crippen molar-refractivity contribution in [2.45, 2.75) is 38.5 Å². The molecule has 42 heavy (non-hydrogen) atoms. The first kappa shape index (κ1) is 28.0. The Bertz CT molecular complexity index is 1480. The van der Waals surface area contributed by atoms with Gasteiger partial charge in [-0.2, -0.15) is 0 Å². The van der Waals surface area contributed by atoms with Crippen LogP contribution in [0.5, 0.6) is 11.5 Å². The maximum absolute atomic E-state index is 13.6. The van der Waals surface area contributed by atoms with Crippen molar-refractivity contribution >= 4 is 17.4 Å². The molecule has 0 spiro atoms. The highest BCUT2D eigenvalue weighted by Crippen LogP contribution is 2.41. The minimum absolute atomic E-state index is 0.0491. The van der Waals surface area contributed by atoms with E-state index in [4.69, 9.17) is 14.2 Å². The maximum atomic E-state index is 13.6. The van der Waals surface area contributed by atoms with Crippen molar-refractivity contribution in [3.05, 3.63) is 101 Å². The Morgan fingerprint density at radius 2 is 1.79 bits per heavy atom. The van der Waals surface area contributed by atoms with E-state index in [1.54, 1.807) is 11.0 Å².